The summed E-state index contributed by atoms with van der Waals surface area (Å²) in [5, 5.41) is 22.8. The normalized spacial score (nSPS) is 10.4. The summed E-state index contributed by atoms with van der Waals surface area (Å²) in [6, 6.07) is 14.1. The summed E-state index contributed by atoms with van der Waals surface area (Å²) in [7, 11) is 0. The van der Waals surface area contributed by atoms with Gasteiger partial charge in [-0.2, -0.15) is 0 Å². The van der Waals surface area contributed by atoms with Gasteiger partial charge < -0.3 is 15.2 Å². The van der Waals surface area contributed by atoms with E-state index in [-0.39, 0.29) is 18.9 Å². The number of nitro benzene ring substituents is 1. The highest BCUT2D eigenvalue weighted by Crippen LogP contribution is 2.18. The minimum Gasteiger partial charge on any atom is -0.491 e. The fourth-order valence-corrected chi connectivity index (χ4v) is 2.07. The van der Waals surface area contributed by atoms with Crippen molar-refractivity contribution < 1.29 is 14.8 Å². The third-order valence-electron chi connectivity index (χ3n) is 3.09. The van der Waals surface area contributed by atoms with Gasteiger partial charge in [-0.3, -0.25) is 10.1 Å². The third-order valence-corrected chi connectivity index (χ3v) is 3.09. The zero-order chi connectivity index (χ0) is 15.8. The molecule has 0 saturated heterocycles. The molecule has 22 heavy (non-hydrogen) atoms. The number of rotatable bonds is 8. The van der Waals surface area contributed by atoms with E-state index in [4.69, 9.17) is 9.84 Å². The van der Waals surface area contributed by atoms with Crippen molar-refractivity contribution in [2.45, 2.75) is 13.1 Å². The standard InChI is InChI=1S/C16H18N2O4/c19-8-9-22-16-7-2-1-5-14(16)12-17-11-13-4-3-6-15(10-13)18(20)21/h1-7,10,17,19H,8-9,11-12H2. The fourth-order valence-electron chi connectivity index (χ4n) is 2.07. The molecule has 2 aromatic rings. The summed E-state index contributed by atoms with van der Waals surface area (Å²) < 4.78 is 5.46. The average Bonchev–Trinajstić information content (AvgIpc) is 2.54. The monoisotopic (exact) mass is 302 g/mol. The van der Waals surface area contributed by atoms with Gasteiger partial charge >= 0.3 is 0 Å². The Kier molecular flexibility index (Phi) is 5.88. The van der Waals surface area contributed by atoms with Crippen LogP contribution in [0.15, 0.2) is 48.5 Å². The van der Waals surface area contributed by atoms with Crippen molar-refractivity contribution in [3.05, 3.63) is 69.8 Å². The quantitative estimate of drug-likeness (QED) is 0.577. The van der Waals surface area contributed by atoms with Crippen LogP contribution in [0.5, 0.6) is 5.75 Å². The van der Waals surface area contributed by atoms with Gasteiger partial charge in [0.05, 0.1) is 11.5 Å². The summed E-state index contributed by atoms with van der Waals surface area (Å²) in [6.45, 7) is 1.32. The summed E-state index contributed by atoms with van der Waals surface area (Å²) in [6.07, 6.45) is 0. The largest absolute Gasteiger partial charge is 0.491 e. The zero-order valence-corrected chi connectivity index (χ0v) is 12.1. The molecule has 0 unspecified atom stereocenters. The number of benzene rings is 2. The number of non-ortho nitro benzene ring substituents is 1. The Bertz CT molecular complexity index is 631. The van der Waals surface area contributed by atoms with Crippen molar-refractivity contribution in [3.8, 4) is 5.75 Å². The van der Waals surface area contributed by atoms with Gasteiger partial charge in [-0.15, -0.1) is 0 Å². The van der Waals surface area contributed by atoms with E-state index < -0.39 is 4.92 Å². The van der Waals surface area contributed by atoms with E-state index in [0.717, 1.165) is 16.9 Å². The second-order valence-electron chi connectivity index (χ2n) is 4.71. The number of nitro groups is 1. The van der Waals surface area contributed by atoms with Crippen molar-refractivity contribution >= 4 is 5.69 Å². The molecule has 0 aliphatic heterocycles. The first-order valence-corrected chi connectivity index (χ1v) is 6.96. The Hall–Kier alpha value is -2.44. The molecule has 2 rings (SSSR count). The molecule has 0 bridgehead atoms. The first-order chi connectivity index (χ1) is 10.7. The van der Waals surface area contributed by atoms with Crippen LogP contribution in [0.25, 0.3) is 0 Å². The number of ether oxygens (including phenoxy) is 1. The Labute approximate surface area is 128 Å². The van der Waals surface area contributed by atoms with E-state index in [1.54, 1.807) is 12.1 Å². The lowest BCUT2D eigenvalue weighted by molar-refractivity contribution is -0.384. The van der Waals surface area contributed by atoms with Crippen molar-refractivity contribution in [2.75, 3.05) is 13.2 Å². The predicted molar refractivity (Wildman–Crippen MR) is 82.7 cm³/mol. The molecule has 0 fully saturated rings. The highest BCUT2D eigenvalue weighted by molar-refractivity contribution is 5.35. The highest BCUT2D eigenvalue weighted by atomic mass is 16.6. The average molecular weight is 302 g/mol. The van der Waals surface area contributed by atoms with Crippen LogP contribution < -0.4 is 10.1 Å². The van der Waals surface area contributed by atoms with E-state index in [9.17, 15) is 10.1 Å². The van der Waals surface area contributed by atoms with Crippen molar-refractivity contribution in [2.24, 2.45) is 0 Å². The lowest BCUT2D eigenvalue weighted by Gasteiger charge is -2.11. The van der Waals surface area contributed by atoms with Crippen LogP contribution in [0, 0.1) is 10.1 Å². The van der Waals surface area contributed by atoms with Gasteiger partial charge in [0.2, 0.25) is 0 Å². The number of hydrogen-bond donors (Lipinski definition) is 2. The van der Waals surface area contributed by atoms with Gasteiger partial charge in [0.1, 0.15) is 12.4 Å². The molecule has 0 spiro atoms. The van der Waals surface area contributed by atoms with E-state index >= 15 is 0 Å². The van der Waals surface area contributed by atoms with Gasteiger partial charge in [0.25, 0.3) is 5.69 Å². The van der Waals surface area contributed by atoms with Gasteiger partial charge in [-0.05, 0) is 11.6 Å². The summed E-state index contributed by atoms with van der Waals surface area (Å²) in [5.74, 6) is 0.725. The second-order valence-corrected chi connectivity index (χ2v) is 4.71. The maximum Gasteiger partial charge on any atom is 0.269 e. The second kappa shape index (κ2) is 8.11. The summed E-state index contributed by atoms with van der Waals surface area (Å²) >= 11 is 0. The summed E-state index contributed by atoms with van der Waals surface area (Å²) in [4.78, 5) is 10.3. The topological polar surface area (TPSA) is 84.6 Å². The SMILES string of the molecule is O=[N+]([O-])c1cccc(CNCc2ccccc2OCCO)c1. The molecule has 0 aromatic heterocycles. The van der Waals surface area contributed by atoms with E-state index in [1.165, 1.54) is 6.07 Å². The van der Waals surface area contributed by atoms with Crippen LogP contribution in [-0.2, 0) is 13.1 Å². The predicted octanol–water partition coefficient (Wildman–Crippen LogP) is 2.26. The zero-order valence-electron chi connectivity index (χ0n) is 12.1. The van der Waals surface area contributed by atoms with Gasteiger partial charge in [0.15, 0.2) is 0 Å². The molecule has 6 nitrogen and oxygen atoms in total. The molecule has 0 radical (unpaired) electrons. The van der Waals surface area contributed by atoms with E-state index in [2.05, 4.69) is 5.32 Å². The molecule has 0 aliphatic carbocycles. The Morgan fingerprint density at radius 1 is 1.14 bits per heavy atom. The van der Waals surface area contributed by atoms with Crippen LogP contribution in [0.2, 0.25) is 0 Å². The summed E-state index contributed by atoms with van der Waals surface area (Å²) in [5.41, 5.74) is 1.91. The highest BCUT2D eigenvalue weighted by Gasteiger charge is 2.06. The molecular weight excluding hydrogens is 284 g/mol. The van der Waals surface area contributed by atoms with Crippen LogP contribution in [-0.4, -0.2) is 23.2 Å². The Balaban J connectivity index is 1.94. The molecule has 116 valence electrons. The van der Waals surface area contributed by atoms with Crippen LogP contribution in [0.4, 0.5) is 5.69 Å². The smallest absolute Gasteiger partial charge is 0.269 e. The first-order valence-electron chi connectivity index (χ1n) is 6.96. The van der Waals surface area contributed by atoms with Crippen LogP contribution >= 0.6 is 0 Å². The van der Waals surface area contributed by atoms with Crippen molar-refractivity contribution in [3.63, 3.8) is 0 Å². The number of nitrogens with one attached hydrogen (secondary N) is 1. The lowest BCUT2D eigenvalue weighted by atomic mass is 10.1. The number of nitrogens with zero attached hydrogens (tertiary/aromatic N) is 1. The molecule has 6 heteroatoms. The maximum atomic E-state index is 10.7. The van der Waals surface area contributed by atoms with Crippen LogP contribution in [0.1, 0.15) is 11.1 Å². The molecule has 0 atom stereocenters. The maximum absolute atomic E-state index is 10.7. The van der Waals surface area contributed by atoms with Gasteiger partial charge in [-0.1, -0.05) is 30.3 Å². The number of aliphatic hydroxyl groups is 1. The first kappa shape index (κ1) is 15.9. The van der Waals surface area contributed by atoms with Crippen molar-refractivity contribution in [1.29, 1.82) is 0 Å². The van der Waals surface area contributed by atoms with Gasteiger partial charge in [-0.25, -0.2) is 0 Å². The number of aliphatic hydroxyl groups excluding tert-OH is 1. The fraction of sp³-hybridized carbons (Fsp3) is 0.250. The number of hydrogen-bond acceptors (Lipinski definition) is 5. The van der Waals surface area contributed by atoms with E-state index in [0.29, 0.717) is 13.1 Å². The minimum absolute atomic E-state index is 0.0323. The molecule has 0 heterocycles. The molecule has 2 N–H and O–H groups in total. The molecule has 0 amide bonds. The molecule has 0 aliphatic rings. The third kappa shape index (κ3) is 4.54. The molecular formula is C16H18N2O4. The van der Waals surface area contributed by atoms with Crippen molar-refractivity contribution in [1.82, 2.24) is 5.32 Å². The van der Waals surface area contributed by atoms with E-state index in [1.807, 2.05) is 30.3 Å². The van der Waals surface area contributed by atoms with Gasteiger partial charge in [0, 0.05) is 30.8 Å². The Morgan fingerprint density at radius 2 is 1.95 bits per heavy atom. The number of para-hydroxylation sites is 1. The molecule has 2 aromatic carbocycles. The lowest BCUT2D eigenvalue weighted by Crippen LogP contribution is -2.14. The minimum atomic E-state index is -0.401. The Morgan fingerprint density at radius 3 is 2.73 bits per heavy atom. The molecule has 0 saturated carbocycles. The van der Waals surface area contributed by atoms with Crippen LogP contribution in [0.3, 0.4) is 0 Å².